The molecule has 2 aromatic rings. The molecule has 4 heteroatoms. The Morgan fingerprint density at radius 3 is 2.80 bits per heavy atom. The van der Waals surface area contributed by atoms with E-state index in [9.17, 15) is 0 Å². The highest BCUT2D eigenvalue weighted by Crippen LogP contribution is 2.48. The van der Waals surface area contributed by atoms with Crippen LogP contribution < -0.4 is 14.8 Å². The van der Waals surface area contributed by atoms with Crippen molar-refractivity contribution < 1.29 is 9.47 Å². The molecular weight excluding hydrogens is 252 g/mol. The third-order valence-electron chi connectivity index (χ3n) is 4.60. The standard InChI is InChI=1S/C16H18N2O2/c1-2-16(4-5-16)9-18-15-12-8-14-13(19-10-20-14)7-11(12)3-6-17-15/h3,6-8H,2,4-5,9-10H2,1H3,(H,17,18). The first-order chi connectivity index (χ1) is 9.80. The number of pyridine rings is 1. The average Bonchev–Trinajstić information content (AvgIpc) is 3.13. The van der Waals surface area contributed by atoms with Crippen molar-refractivity contribution in [3.63, 3.8) is 0 Å². The fourth-order valence-electron chi connectivity index (χ4n) is 2.81. The molecule has 0 amide bonds. The van der Waals surface area contributed by atoms with Crippen LogP contribution in [-0.2, 0) is 0 Å². The molecule has 1 saturated carbocycles. The van der Waals surface area contributed by atoms with Gasteiger partial charge in [0.15, 0.2) is 11.5 Å². The van der Waals surface area contributed by atoms with Gasteiger partial charge in [-0.15, -0.1) is 0 Å². The zero-order chi connectivity index (χ0) is 13.6. The first kappa shape index (κ1) is 11.8. The molecule has 0 saturated heterocycles. The molecule has 0 atom stereocenters. The van der Waals surface area contributed by atoms with Gasteiger partial charge in [-0.3, -0.25) is 0 Å². The molecule has 0 spiro atoms. The van der Waals surface area contributed by atoms with Gasteiger partial charge < -0.3 is 14.8 Å². The van der Waals surface area contributed by atoms with Crippen molar-refractivity contribution in [2.75, 3.05) is 18.7 Å². The summed E-state index contributed by atoms with van der Waals surface area (Å²) in [6.07, 6.45) is 5.73. The molecule has 1 aromatic heterocycles. The van der Waals surface area contributed by atoms with Crippen molar-refractivity contribution in [1.82, 2.24) is 4.98 Å². The lowest BCUT2D eigenvalue weighted by molar-refractivity contribution is 0.174. The minimum absolute atomic E-state index is 0.306. The Hall–Kier alpha value is -1.97. The molecule has 2 heterocycles. The van der Waals surface area contributed by atoms with Gasteiger partial charge in [0.05, 0.1) is 0 Å². The fraction of sp³-hybridized carbons (Fsp3) is 0.438. The summed E-state index contributed by atoms with van der Waals surface area (Å²) in [5.41, 5.74) is 0.500. The molecule has 0 bridgehead atoms. The first-order valence-corrected chi connectivity index (χ1v) is 7.22. The number of benzene rings is 1. The van der Waals surface area contributed by atoms with E-state index in [1.165, 1.54) is 19.3 Å². The summed E-state index contributed by atoms with van der Waals surface area (Å²) in [5.74, 6) is 2.58. The van der Waals surface area contributed by atoms with Crippen LogP contribution in [0.5, 0.6) is 11.5 Å². The maximum absolute atomic E-state index is 5.46. The van der Waals surface area contributed by atoms with E-state index < -0.39 is 0 Å². The number of anilines is 1. The topological polar surface area (TPSA) is 43.4 Å². The minimum atomic E-state index is 0.306. The van der Waals surface area contributed by atoms with Gasteiger partial charge in [-0.1, -0.05) is 6.92 Å². The highest BCUT2D eigenvalue weighted by Gasteiger charge is 2.40. The van der Waals surface area contributed by atoms with E-state index in [1.54, 1.807) is 0 Å². The van der Waals surface area contributed by atoms with Crippen molar-refractivity contribution in [1.29, 1.82) is 0 Å². The van der Waals surface area contributed by atoms with Crippen LogP contribution in [0.25, 0.3) is 10.8 Å². The summed E-state index contributed by atoms with van der Waals surface area (Å²) in [6.45, 7) is 3.58. The van der Waals surface area contributed by atoms with E-state index in [2.05, 4.69) is 17.2 Å². The zero-order valence-corrected chi connectivity index (χ0v) is 11.6. The molecule has 1 N–H and O–H groups in total. The van der Waals surface area contributed by atoms with Crippen LogP contribution in [0.2, 0.25) is 0 Å². The first-order valence-electron chi connectivity index (χ1n) is 7.22. The third-order valence-corrected chi connectivity index (χ3v) is 4.60. The van der Waals surface area contributed by atoms with E-state index >= 15 is 0 Å². The number of ether oxygens (including phenoxy) is 2. The molecule has 1 aromatic carbocycles. The molecule has 20 heavy (non-hydrogen) atoms. The minimum Gasteiger partial charge on any atom is -0.454 e. The van der Waals surface area contributed by atoms with Gasteiger partial charge in [0, 0.05) is 18.1 Å². The third kappa shape index (κ3) is 1.87. The molecule has 1 aliphatic heterocycles. The summed E-state index contributed by atoms with van der Waals surface area (Å²) in [4.78, 5) is 4.49. The van der Waals surface area contributed by atoms with E-state index in [-0.39, 0.29) is 0 Å². The van der Waals surface area contributed by atoms with Gasteiger partial charge in [0.1, 0.15) is 5.82 Å². The van der Waals surface area contributed by atoms with Crippen molar-refractivity contribution in [3.8, 4) is 11.5 Å². The molecular formula is C16H18N2O2. The van der Waals surface area contributed by atoms with Crippen LogP contribution >= 0.6 is 0 Å². The Morgan fingerprint density at radius 2 is 2.05 bits per heavy atom. The molecule has 4 nitrogen and oxygen atoms in total. The lowest BCUT2D eigenvalue weighted by Gasteiger charge is -2.15. The van der Waals surface area contributed by atoms with Crippen LogP contribution in [0.1, 0.15) is 26.2 Å². The van der Waals surface area contributed by atoms with Gasteiger partial charge >= 0.3 is 0 Å². The monoisotopic (exact) mass is 270 g/mol. The highest BCUT2D eigenvalue weighted by molar-refractivity contribution is 5.94. The second-order valence-electron chi connectivity index (χ2n) is 5.79. The number of nitrogens with one attached hydrogen (secondary N) is 1. The molecule has 1 aliphatic carbocycles. The van der Waals surface area contributed by atoms with E-state index in [0.717, 1.165) is 34.6 Å². The predicted molar refractivity (Wildman–Crippen MR) is 78.3 cm³/mol. The largest absolute Gasteiger partial charge is 0.454 e. The van der Waals surface area contributed by atoms with Crippen molar-refractivity contribution in [3.05, 3.63) is 24.4 Å². The Bertz CT molecular complexity index is 665. The number of hydrogen-bond donors (Lipinski definition) is 1. The van der Waals surface area contributed by atoms with E-state index in [0.29, 0.717) is 12.2 Å². The van der Waals surface area contributed by atoms with Crippen LogP contribution in [0, 0.1) is 5.41 Å². The number of hydrogen-bond acceptors (Lipinski definition) is 4. The van der Waals surface area contributed by atoms with Gasteiger partial charge in [-0.05, 0) is 48.3 Å². The van der Waals surface area contributed by atoms with Gasteiger partial charge in [0.25, 0.3) is 0 Å². The SMILES string of the molecule is CCC1(CNc2nccc3cc4c(cc23)OCO4)CC1. The van der Waals surface area contributed by atoms with Gasteiger partial charge in [0.2, 0.25) is 6.79 Å². The highest BCUT2D eigenvalue weighted by atomic mass is 16.7. The predicted octanol–water partition coefficient (Wildman–Crippen LogP) is 3.57. The second-order valence-corrected chi connectivity index (χ2v) is 5.79. The van der Waals surface area contributed by atoms with Crippen LogP contribution in [0.4, 0.5) is 5.82 Å². The number of rotatable bonds is 4. The quantitative estimate of drug-likeness (QED) is 0.922. The Labute approximate surface area is 118 Å². The fourth-order valence-corrected chi connectivity index (χ4v) is 2.81. The second kappa shape index (κ2) is 4.27. The molecule has 4 rings (SSSR count). The lowest BCUT2D eigenvalue weighted by Crippen LogP contribution is -2.15. The zero-order valence-electron chi connectivity index (χ0n) is 11.6. The smallest absolute Gasteiger partial charge is 0.231 e. The van der Waals surface area contributed by atoms with Crippen LogP contribution in [0.15, 0.2) is 24.4 Å². The van der Waals surface area contributed by atoms with E-state index in [4.69, 9.17) is 9.47 Å². The molecule has 1 fully saturated rings. The number of fused-ring (bicyclic) bond motifs is 2. The summed E-state index contributed by atoms with van der Waals surface area (Å²) >= 11 is 0. The number of aromatic nitrogens is 1. The molecule has 0 radical (unpaired) electrons. The maximum Gasteiger partial charge on any atom is 0.231 e. The lowest BCUT2D eigenvalue weighted by atomic mass is 10.0. The van der Waals surface area contributed by atoms with Crippen LogP contribution in [-0.4, -0.2) is 18.3 Å². The van der Waals surface area contributed by atoms with Crippen molar-refractivity contribution >= 4 is 16.6 Å². The average molecular weight is 270 g/mol. The molecule has 2 aliphatic rings. The Balaban J connectivity index is 1.68. The van der Waals surface area contributed by atoms with Crippen LogP contribution in [0.3, 0.4) is 0 Å². The van der Waals surface area contributed by atoms with E-state index in [1.807, 2.05) is 24.4 Å². The van der Waals surface area contributed by atoms with Crippen molar-refractivity contribution in [2.45, 2.75) is 26.2 Å². The Morgan fingerprint density at radius 1 is 1.25 bits per heavy atom. The summed E-state index contributed by atoms with van der Waals surface area (Å²) in [5, 5.41) is 5.76. The number of nitrogens with zero attached hydrogens (tertiary/aromatic N) is 1. The summed E-state index contributed by atoms with van der Waals surface area (Å²) in [7, 11) is 0. The maximum atomic E-state index is 5.46. The molecule has 0 unspecified atom stereocenters. The summed E-state index contributed by atoms with van der Waals surface area (Å²) < 4.78 is 10.9. The van der Waals surface area contributed by atoms with Gasteiger partial charge in [-0.2, -0.15) is 0 Å². The summed E-state index contributed by atoms with van der Waals surface area (Å²) in [6, 6.07) is 6.06. The Kier molecular flexibility index (Phi) is 2.52. The van der Waals surface area contributed by atoms with Gasteiger partial charge in [-0.25, -0.2) is 4.98 Å². The normalized spacial score (nSPS) is 18.2. The molecule has 104 valence electrons. The van der Waals surface area contributed by atoms with Crippen molar-refractivity contribution in [2.24, 2.45) is 5.41 Å².